The van der Waals surface area contributed by atoms with Crippen LogP contribution in [0.2, 0.25) is 0 Å². The highest BCUT2D eigenvalue weighted by atomic mass is 127. The van der Waals surface area contributed by atoms with Crippen LogP contribution in [0.4, 0.5) is 18.9 Å². The fraction of sp³-hybridized carbons (Fsp3) is 0.143. The molecule has 0 N–H and O–H groups in total. The Balaban J connectivity index is 3.44. The van der Waals surface area contributed by atoms with Crippen LogP contribution in [0, 0.1) is 13.7 Å². The third-order valence-electron chi connectivity index (χ3n) is 1.47. The number of nitro groups is 1. The number of hydrogen-bond donors (Lipinski definition) is 0. The summed E-state index contributed by atoms with van der Waals surface area (Å²) in [5, 5.41) is 10.4. The molecule has 76 valence electrons. The zero-order chi connectivity index (χ0) is 10.9. The van der Waals surface area contributed by atoms with Gasteiger partial charge in [-0.25, -0.2) is 0 Å². The van der Waals surface area contributed by atoms with Gasteiger partial charge < -0.3 is 0 Å². The number of alkyl halides is 3. The number of rotatable bonds is 1. The molecule has 0 saturated carbocycles. The van der Waals surface area contributed by atoms with Gasteiger partial charge in [-0.2, -0.15) is 13.2 Å². The lowest BCUT2D eigenvalue weighted by atomic mass is 10.2. The molecule has 0 aliphatic carbocycles. The minimum Gasteiger partial charge on any atom is -0.258 e. The number of halogens is 4. The van der Waals surface area contributed by atoms with E-state index in [9.17, 15) is 23.3 Å². The van der Waals surface area contributed by atoms with E-state index >= 15 is 0 Å². The Morgan fingerprint density at radius 3 is 2.29 bits per heavy atom. The average molecular weight is 317 g/mol. The van der Waals surface area contributed by atoms with Gasteiger partial charge in [-0.3, -0.25) is 10.1 Å². The number of nitro benzene ring substituents is 1. The van der Waals surface area contributed by atoms with Crippen molar-refractivity contribution >= 4 is 28.3 Å². The molecule has 1 aromatic rings. The molecule has 0 bridgehead atoms. The highest BCUT2D eigenvalue weighted by Crippen LogP contribution is 2.37. The van der Waals surface area contributed by atoms with Gasteiger partial charge >= 0.3 is 6.18 Å². The van der Waals surface area contributed by atoms with E-state index in [0.29, 0.717) is 6.07 Å². The topological polar surface area (TPSA) is 43.1 Å². The lowest BCUT2D eigenvalue weighted by Gasteiger charge is -2.07. The lowest BCUT2D eigenvalue weighted by molar-refractivity contribution is -0.389. The molecular weight excluding hydrogens is 314 g/mol. The standard InChI is InChI=1S/C7H3F3INO2/c8-7(9,10)4-2-1-3-5(11)6(4)12(13)14/h1-3H. The Hall–Kier alpha value is -0.860. The van der Waals surface area contributed by atoms with E-state index in [1.54, 1.807) is 0 Å². The molecule has 3 nitrogen and oxygen atoms in total. The SMILES string of the molecule is O=[N+]([O-])c1c(I)cccc1C(F)(F)F. The van der Waals surface area contributed by atoms with Crippen molar-refractivity contribution in [3.05, 3.63) is 37.4 Å². The van der Waals surface area contributed by atoms with Crippen molar-refractivity contribution in [1.82, 2.24) is 0 Å². The van der Waals surface area contributed by atoms with Crippen molar-refractivity contribution in [3.63, 3.8) is 0 Å². The van der Waals surface area contributed by atoms with Crippen LogP contribution >= 0.6 is 22.6 Å². The molecule has 1 aromatic carbocycles. The summed E-state index contributed by atoms with van der Waals surface area (Å²) in [5.74, 6) is 0. The zero-order valence-corrected chi connectivity index (χ0v) is 8.67. The number of nitrogens with zero attached hydrogens (tertiary/aromatic N) is 1. The van der Waals surface area contributed by atoms with Gasteiger partial charge in [0.1, 0.15) is 5.56 Å². The monoisotopic (exact) mass is 317 g/mol. The minimum atomic E-state index is -4.69. The van der Waals surface area contributed by atoms with Crippen LogP contribution in [0.1, 0.15) is 5.56 Å². The quantitative estimate of drug-likeness (QED) is 0.453. The predicted octanol–water partition coefficient (Wildman–Crippen LogP) is 3.22. The summed E-state index contributed by atoms with van der Waals surface area (Å²) in [4.78, 5) is 9.37. The highest BCUT2D eigenvalue weighted by molar-refractivity contribution is 14.1. The third-order valence-corrected chi connectivity index (χ3v) is 2.35. The van der Waals surface area contributed by atoms with Gasteiger partial charge in [-0.05, 0) is 34.7 Å². The molecule has 0 amide bonds. The Kier molecular flexibility index (Phi) is 2.98. The van der Waals surface area contributed by atoms with Crippen LogP contribution in [0.5, 0.6) is 0 Å². The van der Waals surface area contributed by atoms with Gasteiger partial charge in [-0.15, -0.1) is 0 Å². The molecule has 0 aliphatic rings. The molecule has 7 heteroatoms. The second-order valence-corrected chi connectivity index (χ2v) is 3.55. The first kappa shape index (κ1) is 11.2. The zero-order valence-electron chi connectivity index (χ0n) is 6.51. The fourth-order valence-corrected chi connectivity index (χ4v) is 1.62. The van der Waals surface area contributed by atoms with Gasteiger partial charge in [-0.1, -0.05) is 6.07 Å². The molecule has 14 heavy (non-hydrogen) atoms. The molecule has 0 spiro atoms. The Labute approximate surface area is 90.2 Å². The van der Waals surface area contributed by atoms with Crippen molar-refractivity contribution in [2.24, 2.45) is 0 Å². The minimum absolute atomic E-state index is 0.0255. The maximum Gasteiger partial charge on any atom is 0.423 e. The predicted molar refractivity (Wildman–Crippen MR) is 50.8 cm³/mol. The average Bonchev–Trinajstić information content (AvgIpc) is 2.01. The van der Waals surface area contributed by atoms with E-state index in [-0.39, 0.29) is 3.57 Å². The van der Waals surface area contributed by atoms with E-state index < -0.39 is 22.4 Å². The molecule has 0 saturated heterocycles. The van der Waals surface area contributed by atoms with E-state index in [2.05, 4.69) is 0 Å². The van der Waals surface area contributed by atoms with Gasteiger partial charge in [0.2, 0.25) is 0 Å². The van der Waals surface area contributed by atoms with E-state index in [1.807, 2.05) is 0 Å². The molecule has 0 heterocycles. The van der Waals surface area contributed by atoms with Crippen LogP contribution in [-0.2, 0) is 6.18 Å². The first-order valence-corrected chi connectivity index (χ1v) is 4.42. The second kappa shape index (κ2) is 3.71. The van der Waals surface area contributed by atoms with Crippen LogP contribution in [0.15, 0.2) is 18.2 Å². The van der Waals surface area contributed by atoms with Crippen LogP contribution in [-0.4, -0.2) is 4.92 Å². The van der Waals surface area contributed by atoms with Gasteiger partial charge in [0.05, 0.1) is 8.49 Å². The van der Waals surface area contributed by atoms with Crippen LogP contribution < -0.4 is 0 Å². The molecule has 0 fully saturated rings. The molecule has 0 atom stereocenters. The smallest absolute Gasteiger partial charge is 0.258 e. The van der Waals surface area contributed by atoms with E-state index in [0.717, 1.165) is 6.07 Å². The van der Waals surface area contributed by atoms with Crippen LogP contribution in [0.25, 0.3) is 0 Å². The van der Waals surface area contributed by atoms with Crippen molar-refractivity contribution in [2.75, 3.05) is 0 Å². The van der Waals surface area contributed by atoms with Crippen molar-refractivity contribution in [2.45, 2.75) is 6.18 Å². The summed E-state index contributed by atoms with van der Waals surface area (Å²) in [6, 6.07) is 3.09. The molecule has 1 rings (SSSR count). The Bertz CT molecular complexity index is 378. The summed E-state index contributed by atoms with van der Waals surface area (Å²) in [6.45, 7) is 0. The summed E-state index contributed by atoms with van der Waals surface area (Å²) >= 11 is 1.50. The first-order valence-electron chi connectivity index (χ1n) is 3.34. The molecule has 0 unspecified atom stereocenters. The molecular formula is C7H3F3INO2. The maximum absolute atomic E-state index is 12.3. The maximum atomic E-state index is 12.3. The normalized spacial score (nSPS) is 11.4. The van der Waals surface area contributed by atoms with Crippen LogP contribution in [0.3, 0.4) is 0 Å². The van der Waals surface area contributed by atoms with E-state index in [4.69, 9.17) is 0 Å². The van der Waals surface area contributed by atoms with Crippen molar-refractivity contribution in [1.29, 1.82) is 0 Å². The van der Waals surface area contributed by atoms with Gasteiger partial charge in [0.25, 0.3) is 5.69 Å². The highest BCUT2D eigenvalue weighted by Gasteiger charge is 2.39. The van der Waals surface area contributed by atoms with Gasteiger partial charge in [0.15, 0.2) is 0 Å². The summed E-state index contributed by atoms with van der Waals surface area (Å²) in [5.41, 5.74) is -2.10. The first-order chi connectivity index (χ1) is 6.34. The summed E-state index contributed by atoms with van der Waals surface area (Å²) in [7, 11) is 0. The largest absolute Gasteiger partial charge is 0.423 e. The summed E-state index contributed by atoms with van der Waals surface area (Å²) in [6.07, 6.45) is -4.69. The number of para-hydroxylation sites is 1. The third kappa shape index (κ3) is 2.14. The van der Waals surface area contributed by atoms with E-state index in [1.165, 1.54) is 28.7 Å². The Morgan fingerprint density at radius 2 is 1.93 bits per heavy atom. The van der Waals surface area contributed by atoms with Crippen molar-refractivity contribution < 1.29 is 18.1 Å². The second-order valence-electron chi connectivity index (χ2n) is 2.39. The van der Waals surface area contributed by atoms with Crippen molar-refractivity contribution in [3.8, 4) is 0 Å². The van der Waals surface area contributed by atoms with Gasteiger partial charge in [0, 0.05) is 0 Å². The molecule has 0 aliphatic heterocycles. The Morgan fingerprint density at radius 1 is 1.36 bits per heavy atom. The summed E-state index contributed by atoms with van der Waals surface area (Å²) < 4.78 is 36.8. The molecule has 0 radical (unpaired) electrons. The number of hydrogen-bond acceptors (Lipinski definition) is 2. The fourth-order valence-electron chi connectivity index (χ4n) is 0.930. The molecule has 0 aromatic heterocycles. The number of benzene rings is 1. The lowest BCUT2D eigenvalue weighted by Crippen LogP contribution is -2.09.